The molecule has 25 heavy (non-hydrogen) atoms. The van der Waals surface area contributed by atoms with Gasteiger partial charge in [-0.2, -0.15) is 0 Å². The molecule has 5 heteroatoms. The van der Waals surface area contributed by atoms with Gasteiger partial charge in [0.2, 0.25) is 0 Å². The van der Waals surface area contributed by atoms with Crippen molar-refractivity contribution in [1.82, 2.24) is 5.32 Å². The van der Waals surface area contributed by atoms with Crippen LogP contribution < -0.4 is 16.0 Å². The number of anilines is 2. The van der Waals surface area contributed by atoms with E-state index in [9.17, 15) is 4.79 Å². The van der Waals surface area contributed by atoms with Crippen LogP contribution in [0.25, 0.3) is 0 Å². The fraction of sp³-hybridized carbons (Fsp3) is 0.350. The van der Waals surface area contributed by atoms with Crippen LogP contribution in [0.5, 0.6) is 0 Å². The third-order valence-electron chi connectivity index (χ3n) is 4.45. The zero-order chi connectivity index (χ0) is 17.8. The van der Waals surface area contributed by atoms with Gasteiger partial charge in [-0.1, -0.05) is 24.3 Å². The van der Waals surface area contributed by atoms with Crippen molar-refractivity contribution in [2.75, 3.05) is 31.3 Å². The van der Waals surface area contributed by atoms with Crippen molar-refractivity contribution in [1.29, 1.82) is 0 Å². The van der Waals surface area contributed by atoms with Crippen LogP contribution in [-0.2, 0) is 11.3 Å². The molecule has 0 aromatic heterocycles. The molecule has 1 aliphatic rings. The van der Waals surface area contributed by atoms with Gasteiger partial charge in [-0.3, -0.25) is 4.79 Å². The van der Waals surface area contributed by atoms with Crippen molar-refractivity contribution >= 4 is 17.3 Å². The van der Waals surface area contributed by atoms with Crippen molar-refractivity contribution in [3.8, 4) is 0 Å². The maximum Gasteiger partial charge on any atom is 0.253 e. The Bertz CT molecular complexity index is 752. The van der Waals surface area contributed by atoms with E-state index >= 15 is 0 Å². The summed E-state index contributed by atoms with van der Waals surface area (Å²) in [6.07, 6.45) is 2.35. The van der Waals surface area contributed by atoms with E-state index in [1.807, 2.05) is 37.2 Å². The second-order valence-electron chi connectivity index (χ2n) is 6.60. The van der Waals surface area contributed by atoms with Crippen LogP contribution in [0.2, 0.25) is 0 Å². The van der Waals surface area contributed by atoms with E-state index in [4.69, 9.17) is 10.5 Å². The summed E-state index contributed by atoms with van der Waals surface area (Å²) in [5, 5.41) is 2.99. The summed E-state index contributed by atoms with van der Waals surface area (Å²) in [6.45, 7) is 1.30. The second kappa shape index (κ2) is 7.57. The predicted octanol–water partition coefficient (Wildman–Crippen LogP) is 3.12. The molecule has 0 spiro atoms. The van der Waals surface area contributed by atoms with E-state index in [0.717, 1.165) is 30.7 Å². The Kier molecular flexibility index (Phi) is 5.24. The maximum atomic E-state index is 12.6. The molecule has 2 aromatic rings. The third kappa shape index (κ3) is 4.12. The van der Waals surface area contributed by atoms with Gasteiger partial charge in [-0.05, 0) is 42.2 Å². The quantitative estimate of drug-likeness (QED) is 0.822. The number of amides is 1. The summed E-state index contributed by atoms with van der Waals surface area (Å²) in [5.41, 5.74) is 10.1. The number of rotatable bonds is 5. The average molecular weight is 339 g/mol. The highest BCUT2D eigenvalue weighted by atomic mass is 16.5. The van der Waals surface area contributed by atoms with Gasteiger partial charge in [0.05, 0.1) is 11.7 Å². The smallest absolute Gasteiger partial charge is 0.253 e. The molecular formula is C20H25N3O2. The number of benzene rings is 2. The number of ether oxygens (including phenoxy) is 1. The molecule has 1 saturated heterocycles. The molecule has 0 radical (unpaired) electrons. The minimum atomic E-state index is -0.126. The van der Waals surface area contributed by atoms with Gasteiger partial charge in [-0.25, -0.2) is 0 Å². The van der Waals surface area contributed by atoms with Crippen LogP contribution in [0.3, 0.4) is 0 Å². The molecule has 3 rings (SSSR count). The van der Waals surface area contributed by atoms with Gasteiger partial charge in [0.15, 0.2) is 0 Å². The number of hydrogen-bond acceptors (Lipinski definition) is 4. The van der Waals surface area contributed by atoms with Crippen molar-refractivity contribution in [2.24, 2.45) is 0 Å². The van der Waals surface area contributed by atoms with Crippen molar-refractivity contribution in [3.63, 3.8) is 0 Å². The summed E-state index contributed by atoms with van der Waals surface area (Å²) < 4.78 is 5.74. The molecule has 1 aliphatic heterocycles. The minimum absolute atomic E-state index is 0.126. The van der Waals surface area contributed by atoms with Crippen LogP contribution in [0.15, 0.2) is 42.5 Å². The SMILES string of the molecule is CN(C)c1ccc(N)cc1C(=O)NCc1cccc(C2CCCO2)c1. The third-order valence-corrected chi connectivity index (χ3v) is 4.45. The zero-order valence-corrected chi connectivity index (χ0v) is 14.8. The maximum absolute atomic E-state index is 12.6. The lowest BCUT2D eigenvalue weighted by Gasteiger charge is -2.18. The van der Waals surface area contributed by atoms with E-state index in [0.29, 0.717) is 17.8 Å². The predicted molar refractivity (Wildman–Crippen MR) is 101 cm³/mol. The summed E-state index contributed by atoms with van der Waals surface area (Å²) >= 11 is 0. The van der Waals surface area contributed by atoms with Crippen molar-refractivity contribution in [2.45, 2.75) is 25.5 Å². The number of nitrogens with two attached hydrogens (primary N) is 1. The monoisotopic (exact) mass is 339 g/mol. The Morgan fingerprint density at radius 2 is 2.12 bits per heavy atom. The van der Waals surface area contributed by atoms with E-state index in [-0.39, 0.29) is 12.0 Å². The molecule has 1 heterocycles. The Hall–Kier alpha value is -2.53. The highest BCUT2D eigenvalue weighted by Crippen LogP contribution is 2.28. The Morgan fingerprint density at radius 1 is 1.28 bits per heavy atom. The van der Waals surface area contributed by atoms with E-state index in [1.165, 1.54) is 5.56 Å². The first-order valence-corrected chi connectivity index (χ1v) is 8.60. The van der Waals surface area contributed by atoms with Gasteiger partial charge in [0.25, 0.3) is 5.91 Å². The molecule has 5 nitrogen and oxygen atoms in total. The second-order valence-corrected chi connectivity index (χ2v) is 6.60. The largest absolute Gasteiger partial charge is 0.399 e. The summed E-state index contributed by atoms with van der Waals surface area (Å²) in [7, 11) is 3.82. The lowest BCUT2D eigenvalue weighted by atomic mass is 10.0. The topological polar surface area (TPSA) is 67.6 Å². The molecule has 1 unspecified atom stereocenters. The molecule has 132 valence electrons. The summed E-state index contributed by atoms with van der Waals surface area (Å²) in [4.78, 5) is 14.5. The van der Waals surface area contributed by atoms with E-state index in [1.54, 1.807) is 12.1 Å². The van der Waals surface area contributed by atoms with Crippen molar-refractivity contribution < 1.29 is 9.53 Å². The fourth-order valence-corrected chi connectivity index (χ4v) is 3.15. The molecule has 1 fully saturated rings. The minimum Gasteiger partial charge on any atom is -0.399 e. The number of nitrogen functional groups attached to an aromatic ring is 1. The number of nitrogens with zero attached hydrogens (tertiary/aromatic N) is 1. The Labute approximate surface area is 148 Å². The highest BCUT2D eigenvalue weighted by Gasteiger charge is 2.18. The van der Waals surface area contributed by atoms with Crippen LogP contribution in [0.4, 0.5) is 11.4 Å². The molecule has 3 N–H and O–H groups in total. The molecule has 1 atom stereocenters. The lowest BCUT2D eigenvalue weighted by Crippen LogP contribution is -2.25. The molecule has 1 amide bonds. The van der Waals surface area contributed by atoms with Gasteiger partial charge in [0.1, 0.15) is 0 Å². The van der Waals surface area contributed by atoms with Crippen molar-refractivity contribution in [3.05, 3.63) is 59.2 Å². The van der Waals surface area contributed by atoms with Gasteiger partial charge < -0.3 is 20.7 Å². The average Bonchev–Trinajstić information content (AvgIpc) is 3.14. The first kappa shape index (κ1) is 17.3. The Balaban J connectivity index is 1.70. The molecule has 0 bridgehead atoms. The van der Waals surface area contributed by atoms with Crippen LogP contribution in [-0.4, -0.2) is 26.6 Å². The normalized spacial score (nSPS) is 16.6. The highest BCUT2D eigenvalue weighted by molar-refractivity contribution is 6.00. The van der Waals surface area contributed by atoms with Gasteiger partial charge in [0, 0.05) is 38.6 Å². The zero-order valence-electron chi connectivity index (χ0n) is 14.8. The van der Waals surface area contributed by atoms with Gasteiger partial charge in [-0.15, -0.1) is 0 Å². The number of hydrogen-bond donors (Lipinski definition) is 2. The molecule has 2 aromatic carbocycles. The molecule has 0 aliphatic carbocycles. The molecule has 0 saturated carbocycles. The van der Waals surface area contributed by atoms with E-state index < -0.39 is 0 Å². The number of carbonyl (C=O) groups excluding carboxylic acids is 1. The first-order valence-electron chi connectivity index (χ1n) is 8.60. The van der Waals surface area contributed by atoms with Crippen LogP contribution >= 0.6 is 0 Å². The summed E-state index contributed by atoms with van der Waals surface area (Å²) in [5.74, 6) is -0.126. The first-order chi connectivity index (χ1) is 12.0. The standard InChI is InChI=1S/C20H25N3O2/c1-23(2)18-9-8-16(21)12-17(18)20(24)22-13-14-5-3-6-15(11-14)19-7-4-10-25-19/h3,5-6,8-9,11-12,19H,4,7,10,13,21H2,1-2H3,(H,22,24). The van der Waals surface area contributed by atoms with E-state index in [2.05, 4.69) is 17.4 Å². The van der Waals surface area contributed by atoms with Gasteiger partial charge >= 0.3 is 0 Å². The van der Waals surface area contributed by atoms with Crippen LogP contribution in [0.1, 0.15) is 40.4 Å². The summed E-state index contributed by atoms with van der Waals surface area (Å²) in [6, 6.07) is 13.6. The fourth-order valence-electron chi connectivity index (χ4n) is 3.15. The van der Waals surface area contributed by atoms with Crippen LogP contribution in [0, 0.1) is 0 Å². The number of carbonyl (C=O) groups is 1. The molecular weight excluding hydrogens is 314 g/mol. The lowest BCUT2D eigenvalue weighted by molar-refractivity contribution is 0.0951. The Morgan fingerprint density at radius 3 is 2.84 bits per heavy atom. The number of nitrogens with one attached hydrogen (secondary N) is 1.